The Hall–Kier alpha value is -1.75. The largest absolute Gasteiger partial charge is 0.479 e. The van der Waals surface area contributed by atoms with Crippen LogP contribution in [0.2, 0.25) is 0 Å². The fourth-order valence-corrected chi connectivity index (χ4v) is 1.98. The van der Waals surface area contributed by atoms with Crippen molar-refractivity contribution in [3.63, 3.8) is 0 Å². The zero-order chi connectivity index (χ0) is 13.1. The minimum atomic E-state index is -0.196. The molecule has 1 heterocycles. The Bertz CT molecular complexity index is 599. The highest BCUT2D eigenvalue weighted by Gasteiger charge is 2.19. The lowest BCUT2D eigenvalue weighted by atomic mass is 10.0. The second-order valence-electron chi connectivity index (χ2n) is 3.66. The van der Waals surface area contributed by atoms with Gasteiger partial charge in [-0.15, -0.1) is 0 Å². The molecule has 0 N–H and O–H groups in total. The lowest BCUT2D eigenvalue weighted by molar-refractivity contribution is 0.102. The molecule has 1 aromatic carbocycles. The van der Waals surface area contributed by atoms with Gasteiger partial charge in [-0.3, -0.25) is 4.79 Å². The van der Waals surface area contributed by atoms with E-state index in [2.05, 4.69) is 25.9 Å². The molecule has 0 aliphatic carbocycles. The summed E-state index contributed by atoms with van der Waals surface area (Å²) in [5, 5.41) is 0. The predicted octanol–water partition coefficient (Wildman–Crippen LogP) is 2.79. The molecule has 5 heteroatoms. The first-order valence-electron chi connectivity index (χ1n) is 5.30. The van der Waals surface area contributed by atoms with Crippen LogP contribution in [-0.4, -0.2) is 22.9 Å². The van der Waals surface area contributed by atoms with Gasteiger partial charge in [0, 0.05) is 22.4 Å². The van der Waals surface area contributed by atoms with Crippen LogP contribution in [0.1, 0.15) is 21.6 Å². The van der Waals surface area contributed by atoms with Crippen LogP contribution in [0.15, 0.2) is 35.1 Å². The van der Waals surface area contributed by atoms with Crippen molar-refractivity contribution in [1.29, 1.82) is 0 Å². The van der Waals surface area contributed by atoms with Gasteiger partial charge < -0.3 is 4.74 Å². The zero-order valence-corrected chi connectivity index (χ0v) is 11.6. The van der Waals surface area contributed by atoms with Gasteiger partial charge in [0.1, 0.15) is 0 Å². The van der Waals surface area contributed by atoms with E-state index in [1.807, 2.05) is 19.1 Å². The molecule has 92 valence electrons. The smallest absolute Gasteiger partial charge is 0.243 e. The van der Waals surface area contributed by atoms with E-state index in [1.165, 1.54) is 19.5 Å². The Balaban J connectivity index is 2.52. The molecule has 2 rings (SSSR count). The predicted molar refractivity (Wildman–Crippen MR) is 70.9 cm³/mol. The minimum Gasteiger partial charge on any atom is -0.479 e. The number of carbonyl (C=O) groups excluding carboxylic acids is 1. The molecule has 0 bridgehead atoms. The van der Waals surface area contributed by atoms with Crippen molar-refractivity contribution in [3.8, 4) is 5.88 Å². The number of benzene rings is 1. The first-order valence-corrected chi connectivity index (χ1v) is 6.09. The average molecular weight is 307 g/mol. The van der Waals surface area contributed by atoms with E-state index < -0.39 is 0 Å². The molecule has 2 aromatic rings. The number of nitrogens with zero attached hydrogens (tertiary/aromatic N) is 2. The molecule has 1 aromatic heterocycles. The number of carbonyl (C=O) groups is 1. The first kappa shape index (κ1) is 12.7. The Morgan fingerprint density at radius 2 is 2.00 bits per heavy atom. The van der Waals surface area contributed by atoms with Gasteiger partial charge in [-0.05, 0) is 18.6 Å². The standard InChI is InChI=1S/C13H11BrN2O2/c1-8-9(4-3-5-10(8)14)12(17)11-13(18-2)16-7-6-15-11/h3-7H,1-2H3. The van der Waals surface area contributed by atoms with Crippen molar-refractivity contribution in [1.82, 2.24) is 9.97 Å². The molecule has 0 saturated heterocycles. The number of methoxy groups -OCH3 is 1. The Labute approximate surface area is 113 Å². The van der Waals surface area contributed by atoms with Crippen molar-refractivity contribution in [2.24, 2.45) is 0 Å². The maximum Gasteiger partial charge on any atom is 0.243 e. The van der Waals surface area contributed by atoms with Crippen LogP contribution >= 0.6 is 15.9 Å². The topological polar surface area (TPSA) is 52.1 Å². The summed E-state index contributed by atoms with van der Waals surface area (Å²) in [5.74, 6) is 0.0422. The summed E-state index contributed by atoms with van der Waals surface area (Å²) in [6.45, 7) is 1.88. The van der Waals surface area contributed by atoms with E-state index in [0.717, 1.165) is 10.0 Å². The van der Waals surface area contributed by atoms with Crippen molar-refractivity contribution in [2.45, 2.75) is 6.92 Å². The van der Waals surface area contributed by atoms with Crippen LogP contribution in [0.25, 0.3) is 0 Å². The second kappa shape index (κ2) is 5.27. The van der Waals surface area contributed by atoms with Crippen molar-refractivity contribution < 1.29 is 9.53 Å². The van der Waals surface area contributed by atoms with Gasteiger partial charge in [0.25, 0.3) is 0 Å². The van der Waals surface area contributed by atoms with Crippen molar-refractivity contribution in [2.75, 3.05) is 7.11 Å². The summed E-state index contributed by atoms with van der Waals surface area (Å²) in [6.07, 6.45) is 2.96. The van der Waals surface area contributed by atoms with Gasteiger partial charge in [0.05, 0.1) is 7.11 Å². The maximum atomic E-state index is 12.4. The van der Waals surface area contributed by atoms with E-state index in [4.69, 9.17) is 4.74 Å². The van der Waals surface area contributed by atoms with Crippen molar-refractivity contribution in [3.05, 3.63) is 51.9 Å². The first-order chi connectivity index (χ1) is 8.65. The third-order valence-electron chi connectivity index (χ3n) is 2.59. The highest BCUT2D eigenvalue weighted by molar-refractivity contribution is 9.10. The number of hydrogen-bond acceptors (Lipinski definition) is 4. The fourth-order valence-electron chi connectivity index (χ4n) is 1.61. The zero-order valence-electron chi connectivity index (χ0n) is 9.98. The highest BCUT2D eigenvalue weighted by Crippen LogP contribution is 2.23. The van der Waals surface area contributed by atoms with Crippen LogP contribution in [-0.2, 0) is 0 Å². The molecule has 0 unspecified atom stereocenters. The number of aromatic nitrogens is 2. The molecule has 18 heavy (non-hydrogen) atoms. The number of ether oxygens (including phenoxy) is 1. The quantitative estimate of drug-likeness (QED) is 0.818. The Morgan fingerprint density at radius 3 is 2.72 bits per heavy atom. The minimum absolute atomic E-state index is 0.196. The number of rotatable bonds is 3. The van der Waals surface area contributed by atoms with Crippen molar-refractivity contribution >= 4 is 21.7 Å². The molecule has 0 atom stereocenters. The van der Waals surface area contributed by atoms with Gasteiger partial charge in [-0.1, -0.05) is 28.1 Å². The molecule has 0 saturated carbocycles. The van der Waals surface area contributed by atoms with Crippen LogP contribution in [0.4, 0.5) is 0 Å². The number of ketones is 1. The Kier molecular flexibility index (Phi) is 3.72. The summed E-state index contributed by atoms with van der Waals surface area (Å²) in [6, 6.07) is 5.46. The third-order valence-corrected chi connectivity index (χ3v) is 3.44. The summed E-state index contributed by atoms with van der Waals surface area (Å²) >= 11 is 3.40. The van der Waals surface area contributed by atoms with Gasteiger partial charge in [-0.25, -0.2) is 9.97 Å². The normalized spacial score (nSPS) is 10.2. The average Bonchev–Trinajstić information content (AvgIpc) is 2.41. The van der Waals surface area contributed by atoms with Crippen LogP contribution in [0.5, 0.6) is 5.88 Å². The summed E-state index contributed by atoms with van der Waals surface area (Å²) in [7, 11) is 1.47. The maximum absolute atomic E-state index is 12.4. The van der Waals surface area contributed by atoms with E-state index in [0.29, 0.717) is 5.56 Å². The van der Waals surface area contributed by atoms with Crippen LogP contribution < -0.4 is 4.74 Å². The summed E-state index contributed by atoms with van der Waals surface area (Å²) in [5.41, 5.74) is 1.68. The van der Waals surface area contributed by atoms with Gasteiger partial charge in [0.2, 0.25) is 11.7 Å². The Morgan fingerprint density at radius 1 is 1.28 bits per heavy atom. The van der Waals surface area contributed by atoms with Crippen LogP contribution in [0.3, 0.4) is 0 Å². The number of halogens is 1. The van der Waals surface area contributed by atoms with Crippen LogP contribution in [0, 0.1) is 6.92 Å². The summed E-state index contributed by atoms with van der Waals surface area (Å²) in [4.78, 5) is 20.4. The van der Waals surface area contributed by atoms with E-state index in [-0.39, 0.29) is 17.4 Å². The summed E-state index contributed by atoms with van der Waals surface area (Å²) < 4.78 is 5.94. The highest BCUT2D eigenvalue weighted by atomic mass is 79.9. The SMILES string of the molecule is COc1nccnc1C(=O)c1cccc(Br)c1C. The third kappa shape index (κ3) is 2.26. The second-order valence-corrected chi connectivity index (χ2v) is 4.51. The molecule has 0 fully saturated rings. The molecule has 4 nitrogen and oxygen atoms in total. The molecule has 0 amide bonds. The van der Waals surface area contributed by atoms with E-state index in [9.17, 15) is 4.79 Å². The molecule has 0 aliphatic rings. The van der Waals surface area contributed by atoms with E-state index in [1.54, 1.807) is 6.07 Å². The van der Waals surface area contributed by atoms with E-state index >= 15 is 0 Å². The monoisotopic (exact) mass is 306 g/mol. The number of hydrogen-bond donors (Lipinski definition) is 0. The lowest BCUT2D eigenvalue weighted by Gasteiger charge is -2.08. The van der Waals surface area contributed by atoms with Gasteiger partial charge in [-0.2, -0.15) is 0 Å². The molecule has 0 aliphatic heterocycles. The molecule has 0 spiro atoms. The van der Waals surface area contributed by atoms with Gasteiger partial charge in [0.15, 0.2) is 5.69 Å². The molecule has 0 radical (unpaired) electrons. The molecular weight excluding hydrogens is 296 g/mol. The molecular formula is C13H11BrN2O2. The van der Waals surface area contributed by atoms with Gasteiger partial charge >= 0.3 is 0 Å². The lowest BCUT2D eigenvalue weighted by Crippen LogP contribution is -2.09. The fraction of sp³-hybridized carbons (Fsp3) is 0.154.